The maximum Gasteiger partial charge on any atom is 0.326 e. The lowest BCUT2D eigenvalue weighted by atomic mass is 10.00. The number of aliphatic carboxylic acids is 1. The van der Waals surface area contributed by atoms with Gasteiger partial charge in [0, 0.05) is 36.4 Å². The van der Waals surface area contributed by atoms with Crippen LogP contribution in [0.25, 0.3) is 21.7 Å². The summed E-state index contributed by atoms with van der Waals surface area (Å²) in [7, 11) is 0. The number of aromatic hydroxyl groups is 1. The molecule has 0 saturated carbocycles. The number of nitrogens with one attached hydrogen (secondary N) is 7. The van der Waals surface area contributed by atoms with Crippen molar-refractivity contribution in [2.75, 3.05) is 13.1 Å². The van der Waals surface area contributed by atoms with E-state index in [1.807, 2.05) is 91.0 Å². The molecule has 0 aliphatic carbocycles. The number of unbranched alkanes of at least 4 members (excludes halogenated alkanes) is 1. The van der Waals surface area contributed by atoms with Gasteiger partial charge in [-0.2, -0.15) is 0 Å². The minimum absolute atomic E-state index is 0.00175. The van der Waals surface area contributed by atoms with E-state index in [4.69, 9.17) is 11.5 Å². The molecular weight excluding hydrogens is 931 g/mol. The Labute approximate surface area is 423 Å². The highest BCUT2D eigenvalue weighted by Gasteiger charge is 2.34. The van der Waals surface area contributed by atoms with Gasteiger partial charge in [0.1, 0.15) is 36.0 Å². The van der Waals surface area contributed by atoms with Crippen LogP contribution in [0.2, 0.25) is 0 Å². The molecule has 6 amide bonds. The number of phenolic OH excluding ortho intramolecular Hbond substituents is 1. The number of fused-ring (bicyclic) bond motifs is 2. The van der Waals surface area contributed by atoms with Crippen molar-refractivity contribution in [2.24, 2.45) is 17.4 Å². The van der Waals surface area contributed by atoms with Crippen molar-refractivity contribution in [1.29, 1.82) is 0 Å². The molecule has 6 rings (SSSR count). The number of H-pyrrole nitrogens is 1. The van der Waals surface area contributed by atoms with E-state index in [2.05, 4.69) is 36.9 Å². The first-order valence-electron chi connectivity index (χ1n) is 24.4. The molecule has 0 aliphatic rings. The van der Waals surface area contributed by atoms with Gasteiger partial charge >= 0.3 is 5.97 Å². The number of amides is 6. The van der Waals surface area contributed by atoms with Crippen LogP contribution in [-0.4, -0.2) is 106 Å². The number of carbonyl (C=O) groups excluding carboxylic acids is 6. The highest BCUT2D eigenvalue weighted by atomic mass is 16.4. The molecule has 0 unspecified atom stereocenters. The average molecular weight is 996 g/mol. The van der Waals surface area contributed by atoms with Crippen LogP contribution in [0.3, 0.4) is 0 Å². The van der Waals surface area contributed by atoms with Crippen LogP contribution in [0, 0.1) is 5.92 Å². The summed E-state index contributed by atoms with van der Waals surface area (Å²) in [6.07, 6.45) is 2.83. The van der Waals surface area contributed by atoms with Gasteiger partial charge < -0.3 is 58.6 Å². The third kappa shape index (κ3) is 16.0. The summed E-state index contributed by atoms with van der Waals surface area (Å²) in [4.78, 5) is 99.1. The summed E-state index contributed by atoms with van der Waals surface area (Å²) in [5.41, 5.74) is 15.7. The number of aromatic amines is 1. The lowest BCUT2D eigenvalue weighted by Gasteiger charge is -2.28. The molecule has 0 radical (unpaired) electrons. The Hall–Kier alpha value is -8.09. The van der Waals surface area contributed by atoms with Crippen molar-refractivity contribution in [3.8, 4) is 5.75 Å². The van der Waals surface area contributed by atoms with Gasteiger partial charge in [0.2, 0.25) is 35.4 Å². The minimum atomic E-state index is -1.31. The van der Waals surface area contributed by atoms with E-state index in [0.29, 0.717) is 36.1 Å². The van der Waals surface area contributed by atoms with Gasteiger partial charge in [-0.1, -0.05) is 117 Å². The first-order valence-corrected chi connectivity index (χ1v) is 24.4. The number of phenols is 1. The van der Waals surface area contributed by atoms with Crippen LogP contribution in [0.15, 0.2) is 128 Å². The number of aromatic nitrogens is 1. The SMILES string of the molecule is CC(C)[C@H](NC(=O)[C@H](CCCCN)NC(=O)[C@@H](Cc1c[nH]c2ccccc12)NC(=O)[C@H](Cc1ccc(O)cc1)NC(=O)[C@@H](N)Cc1ccccc1)C(=O)NCC(=O)N[C@@H](Cc1ccc2ccccc2c1)C(=O)O. The van der Waals surface area contributed by atoms with Crippen molar-refractivity contribution in [1.82, 2.24) is 36.9 Å². The Morgan fingerprint density at radius 3 is 1.86 bits per heavy atom. The second-order valence-corrected chi connectivity index (χ2v) is 18.5. The van der Waals surface area contributed by atoms with Gasteiger partial charge in [-0.05, 0) is 89.4 Å². The molecule has 6 atom stereocenters. The summed E-state index contributed by atoms with van der Waals surface area (Å²) in [5.74, 6) is -6.03. The van der Waals surface area contributed by atoms with Crippen molar-refractivity contribution in [3.05, 3.63) is 150 Å². The van der Waals surface area contributed by atoms with Gasteiger partial charge in [-0.15, -0.1) is 0 Å². The fraction of sp³-hybridized carbons (Fsp3) is 0.327. The van der Waals surface area contributed by atoms with E-state index in [1.165, 1.54) is 12.1 Å². The molecule has 1 heterocycles. The molecule has 0 spiro atoms. The van der Waals surface area contributed by atoms with Crippen LogP contribution in [0.5, 0.6) is 5.75 Å². The Morgan fingerprint density at radius 2 is 1.16 bits per heavy atom. The molecule has 73 heavy (non-hydrogen) atoms. The number of carboxylic acids is 1. The van der Waals surface area contributed by atoms with Crippen LogP contribution < -0.4 is 43.4 Å². The quantitative estimate of drug-likeness (QED) is 0.0351. The molecule has 18 nitrogen and oxygen atoms in total. The first kappa shape index (κ1) is 54.2. The van der Waals surface area contributed by atoms with Crippen LogP contribution >= 0.6 is 0 Å². The largest absolute Gasteiger partial charge is 0.508 e. The van der Waals surface area contributed by atoms with Gasteiger partial charge in [-0.25, -0.2) is 4.79 Å². The van der Waals surface area contributed by atoms with Crippen molar-refractivity contribution in [3.63, 3.8) is 0 Å². The van der Waals surface area contributed by atoms with Gasteiger partial charge in [-0.3, -0.25) is 28.8 Å². The number of carbonyl (C=O) groups is 7. The minimum Gasteiger partial charge on any atom is -0.508 e. The molecule has 1 aromatic heterocycles. The van der Waals surface area contributed by atoms with Crippen molar-refractivity contribution >= 4 is 63.1 Å². The number of carboxylic acid groups (broad SMARTS) is 1. The zero-order valence-electron chi connectivity index (χ0n) is 40.9. The first-order chi connectivity index (χ1) is 35.1. The van der Waals surface area contributed by atoms with E-state index in [1.54, 1.807) is 38.2 Å². The maximum atomic E-state index is 14.6. The monoisotopic (exact) mass is 995 g/mol. The Balaban J connectivity index is 1.17. The zero-order valence-corrected chi connectivity index (χ0v) is 40.9. The highest BCUT2D eigenvalue weighted by molar-refractivity contribution is 5.97. The second-order valence-electron chi connectivity index (χ2n) is 18.5. The molecule has 0 aliphatic heterocycles. The molecule has 0 saturated heterocycles. The Kier molecular flexibility index (Phi) is 19.6. The molecular formula is C55H65N9O9. The van der Waals surface area contributed by atoms with Crippen molar-refractivity contribution in [2.45, 2.75) is 95.0 Å². The summed E-state index contributed by atoms with van der Waals surface area (Å²) < 4.78 is 0. The lowest BCUT2D eigenvalue weighted by Crippen LogP contribution is -2.60. The molecule has 384 valence electrons. The summed E-state index contributed by atoms with van der Waals surface area (Å²) >= 11 is 0. The van der Waals surface area contributed by atoms with E-state index in [-0.39, 0.29) is 37.9 Å². The molecule has 5 aromatic carbocycles. The number of nitrogens with two attached hydrogens (primary N) is 2. The lowest BCUT2D eigenvalue weighted by molar-refractivity contribution is -0.141. The number of benzene rings is 5. The number of rotatable bonds is 26. The Morgan fingerprint density at radius 1 is 0.575 bits per heavy atom. The second kappa shape index (κ2) is 26.4. The van der Waals surface area contributed by atoms with Gasteiger partial charge in [0.25, 0.3) is 0 Å². The van der Waals surface area contributed by atoms with E-state index in [9.17, 15) is 43.8 Å². The fourth-order valence-corrected chi connectivity index (χ4v) is 8.47. The normalized spacial score (nSPS) is 13.7. The third-order valence-corrected chi connectivity index (χ3v) is 12.5. The van der Waals surface area contributed by atoms with E-state index in [0.717, 1.165) is 27.2 Å². The molecule has 0 bridgehead atoms. The van der Waals surface area contributed by atoms with E-state index >= 15 is 0 Å². The smallest absolute Gasteiger partial charge is 0.326 e. The van der Waals surface area contributed by atoms with Gasteiger partial charge in [0.05, 0.1) is 12.6 Å². The molecule has 18 heteroatoms. The Bertz CT molecular complexity index is 2850. The average Bonchev–Trinajstić information content (AvgIpc) is 3.79. The zero-order chi connectivity index (χ0) is 52.4. The maximum absolute atomic E-state index is 14.6. The molecule has 13 N–H and O–H groups in total. The fourth-order valence-electron chi connectivity index (χ4n) is 8.47. The molecule has 0 fully saturated rings. The number of para-hydroxylation sites is 1. The van der Waals surface area contributed by atoms with Crippen LogP contribution in [-0.2, 0) is 59.2 Å². The van der Waals surface area contributed by atoms with Crippen molar-refractivity contribution < 1.29 is 43.8 Å². The van der Waals surface area contributed by atoms with Crippen LogP contribution in [0.4, 0.5) is 0 Å². The summed E-state index contributed by atoms with van der Waals surface area (Å²) in [5, 5.41) is 38.7. The number of hydrogen-bond acceptors (Lipinski definition) is 10. The third-order valence-electron chi connectivity index (χ3n) is 12.5. The number of hydrogen-bond donors (Lipinski definition) is 11. The molecule has 6 aromatic rings. The van der Waals surface area contributed by atoms with Crippen LogP contribution in [0.1, 0.15) is 55.4 Å². The summed E-state index contributed by atoms with van der Waals surface area (Å²) in [6, 6.07) is 28.5. The predicted octanol–water partition coefficient (Wildman–Crippen LogP) is 3.03. The highest BCUT2D eigenvalue weighted by Crippen LogP contribution is 2.21. The topological polar surface area (TPSA) is 300 Å². The standard InChI is InChI=1S/C55H65N9O9/c1-33(2)49(54(71)59-32-48(66)60-47(55(72)73)29-36-19-22-37-14-6-7-15-38(37)26-36)64-51(68)44(18-10-11-25-56)61-53(70)46(30-39-31-58-43-17-9-8-16-41(39)43)63-52(69)45(28-35-20-23-40(65)24-21-35)62-50(67)42(57)27-34-12-4-3-5-13-34/h3-9,12-17,19-24,26,31,33,42,44-47,49,58,65H,10-11,18,25,27-30,32,56-57H2,1-2H3,(H,59,71)(H,60,66)(H,61,70)(H,62,67)(H,63,69)(H,64,68)(H,72,73)/t42-,44-,45-,46+,47-,49-/m0/s1. The van der Waals surface area contributed by atoms with E-state index < -0.39 is 90.1 Å². The predicted molar refractivity (Wildman–Crippen MR) is 278 cm³/mol. The van der Waals surface area contributed by atoms with Gasteiger partial charge in [0.15, 0.2) is 0 Å². The summed E-state index contributed by atoms with van der Waals surface area (Å²) in [6.45, 7) is 3.09.